The smallest absolute Gasteiger partial charge is 0.323 e. The van der Waals surface area contributed by atoms with Gasteiger partial charge >= 0.3 is 6.03 Å². The van der Waals surface area contributed by atoms with E-state index in [1.807, 2.05) is 18.2 Å². The van der Waals surface area contributed by atoms with Crippen molar-refractivity contribution in [2.24, 2.45) is 0 Å². The summed E-state index contributed by atoms with van der Waals surface area (Å²) in [5.41, 5.74) is 1.13. The molecule has 0 saturated heterocycles. The number of carbonyl (C=O) groups excluding carboxylic acids is 1. The molecule has 29 heavy (non-hydrogen) atoms. The van der Waals surface area contributed by atoms with Crippen molar-refractivity contribution in [2.75, 3.05) is 36.8 Å². The molecular formula is C21H31ClN4O3. The average Bonchev–Trinajstić information content (AvgIpc) is 2.72. The van der Waals surface area contributed by atoms with Crippen molar-refractivity contribution in [1.82, 2.24) is 0 Å². The van der Waals surface area contributed by atoms with Gasteiger partial charge in [0.1, 0.15) is 0 Å². The van der Waals surface area contributed by atoms with Crippen LogP contribution in [0.5, 0.6) is 0 Å². The van der Waals surface area contributed by atoms with Crippen LogP contribution >= 0.6 is 0 Å². The Hall–Kier alpha value is -2.64. The highest BCUT2D eigenvalue weighted by Crippen LogP contribution is 2.15. The van der Waals surface area contributed by atoms with Crippen LogP contribution in [0.25, 0.3) is 0 Å². The van der Waals surface area contributed by atoms with E-state index < -0.39 is 11.0 Å². The number of carbonyl (C=O) groups is 1. The highest BCUT2D eigenvalue weighted by Gasteiger charge is 2.16. The molecule has 0 spiro atoms. The van der Waals surface area contributed by atoms with Gasteiger partial charge in [0.05, 0.1) is 31.1 Å². The molecule has 8 heteroatoms. The third-order valence-corrected chi connectivity index (χ3v) is 5.05. The van der Waals surface area contributed by atoms with E-state index in [2.05, 4.69) is 38.3 Å². The van der Waals surface area contributed by atoms with Gasteiger partial charge in [-0.05, 0) is 52.0 Å². The molecule has 0 heterocycles. The second-order valence-electron chi connectivity index (χ2n) is 6.36. The van der Waals surface area contributed by atoms with Crippen molar-refractivity contribution in [1.29, 1.82) is 0 Å². The average molecular weight is 423 g/mol. The molecule has 160 valence electrons. The molecule has 0 atom stereocenters. The van der Waals surface area contributed by atoms with E-state index in [9.17, 15) is 14.9 Å². The summed E-state index contributed by atoms with van der Waals surface area (Å²) in [6, 6.07) is 14.2. The van der Waals surface area contributed by atoms with E-state index in [-0.39, 0.29) is 18.1 Å². The standard InChI is InChI=1S/C13H11N3O3.C8H20N.ClH/c17-13(14-10-4-2-1-3-5-10)15-11-6-8-12(9-7-11)16(18)19;1-5-9(6-2,7-3)8-4;/h1-9H,(H2,14,15,17);5-8H2,1-4H3;1H/q;+1;/p-1. The van der Waals surface area contributed by atoms with Crippen molar-refractivity contribution in [3.63, 3.8) is 0 Å². The summed E-state index contributed by atoms with van der Waals surface area (Å²) in [6.45, 7) is 14.2. The number of rotatable bonds is 7. The van der Waals surface area contributed by atoms with Gasteiger partial charge in [-0.15, -0.1) is 0 Å². The molecule has 0 fully saturated rings. The number of nitro groups is 1. The zero-order valence-electron chi connectivity index (χ0n) is 17.5. The van der Waals surface area contributed by atoms with Crippen molar-refractivity contribution >= 4 is 23.1 Å². The number of urea groups is 1. The molecule has 7 nitrogen and oxygen atoms in total. The maximum absolute atomic E-state index is 11.6. The minimum absolute atomic E-state index is 0. The van der Waals surface area contributed by atoms with Gasteiger partial charge in [-0.3, -0.25) is 10.1 Å². The lowest BCUT2D eigenvalue weighted by atomic mass is 10.3. The predicted octanol–water partition coefficient (Wildman–Crippen LogP) is 2.13. The van der Waals surface area contributed by atoms with Crippen LogP contribution in [-0.4, -0.2) is 41.6 Å². The number of halogens is 1. The van der Waals surface area contributed by atoms with Gasteiger partial charge in [-0.1, -0.05) is 18.2 Å². The molecular weight excluding hydrogens is 392 g/mol. The van der Waals surface area contributed by atoms with Crippen LogP contribution in [0, 0.1) is 10.1 Å². The molecule has 0 saturated carbocycles. The normalized spacial score (nSPS) is 10.1. The van der Waals surface area contributed by atoms with Crippen molar-refractivity contribution in [3.05, 3.63) is 64.7 Å². The highest BCUT2D eigenvalue weighted by molar-refractivity contribution is 5.99. The van der Waals surface area contributed by atoms with Gasteiger partial charge in [0.2, 0.25) is 0 Å². The van der Waals surface area contributed by atoms with E-state index in [1.165, 1.54) is 54.9 Å². The molecule has 0 unspecified atom stereocenters. The van der Waals surface area contributed by atoms with Crippen molar-refractivity contribution in [2.45, 2.75) is 27.7 Å². The monoisotopic (exact) mass is 422 g/mol. The van der Waals surface area contributed by atoms with Gasteiger partial charge in [0.25, 0.3) is 5.69 Å². The Morgan fingerprint density at radius 3 is 1.59 bits per heavy atom. The third kappa shape index (κ3) is 8.93. The minimum Gasteiger partial charge on any atom is -1.00 e. The van der Waals surface area contributed by atoms with Crippen LogP contribution in [0.2, 0.25) is 0 Å². The molecule has 0 radical (unpaired) electrons. The van der Waals surface area contributed by atoms with Gasteiger partial charge in [-0.2, -0.15) is 0 Å². The Bertz CT molecular complexity index is 718. The van der Waals surface area contributed by atoms with Crippen LogP contribution < -0.4 is 23.0 Å². The molecule has 0 aliphatic heterocycles. The number of nitro benzene ring substituents is 1. The van der Waals surface area contributed by atoms with Gasteiger partial charge in [0.15, 0.2) is 0 Å². The fraction of sp³-hybridized carbons (Fsp3) is 0.381. The lowest BCUT2D eigenvalue weighted by Gasteiger charge is -2.34. The first kappa shape index (κ1) is 26.4. The highest BCUT2D eigenvalue weighted by atomic mass is 35.5. The first-order chi connectivity index (χ1) is 13.4. The first-order valence-corrected chi connectivity index (χ1v) is 9.62. The number of amides is 2. The van der Waals surface area contributed by atoms with Gasteiger partial charge in [-0.25, -0.2) is 4.79 Å². The third-order valence-electron chi connectivity index (χ3n) is 5.05. The lowest BCUT2D eigenvalue weighted by molar-refractivity contribution is -0.921. The molecule has 0 aliphatic rings. The molecule has 2 amide bonds. The number of para-hydroxylation sites is 1. The van der Waals surface area contributed by atoms with Crippen LogP contribution in [0.15, 0.2) is 54.6 Å². The summed E-state index contributed by atoms with van der Waals surface area (Å²) < 4.78 is 1.28. The SMILES string of the molecule is CC[N+](CC)(CC)CC.O=C(Nc1ccccc1)Nc1ccc([N+](=O)[O-])cc1.[Cl-]. The van der Waals surface area contributed by atoms with E-state index >= 15 is 0 Å². The molecule has 0 aromatic heterocycles. The Morgan fingerprint density at radius 2 is 1.24 bits per heavy atom. The first-order valence-electron chi connectivity index (χ1n) is 9.62. The lowest BCUT2D eigenvalue weighted by Crippen LogP contribution is -3.00. The zero-order chi connectivity index (χ0) is 21.0. The zero-order valence-corrected chi connectivity index (χ0v) is 18.3. The Balaban J connectivity index is 0.000000672. The Labute approximate surface area is 179 Å². The number of non-ortho nitro benzene ring substituents is 1. The number of benzene rings is 2. The maximum atomic E-state index is 11.6. The van der Waals surface area contributed by atoms with E-state index in [0.29, 0.717) is 11.4 Å². The van der Waals surface area contributed by atoms with E-state index in [4.69, 9.17) is 0 Å². The van der Waals surface area contributed by atoms with Gasteiger partial charge < -0.3 is 27.5 Å². The predicted molar refractivity (Wildman–Crippen MR) is 115 cm³/mol. The maximum Gasteiger partial charge on any atom is 0.323 e. The Morgan fingerprint density at radius 1 is 0.828 bits per heavy atom. The summed E-state index contributed by atoms with van der Waals surface area (Å²) in [5.74, 6) is 0. The summed E-state index contributed by atoms with van der Waals surface area (Å²) in [7, 11) is 0. The number of hydrogen-bond acceptors (Lipinski definition) is 3. The second kappa shape index (κ2) is 13.5. The quantitative estimate of drug-likeness (QED) is 0.407. The van der Waals surface area contributed by atoms with E-state index in [0.717, 1.165) is 0 Å². The molecule has 0 bridgehead atoms. The number of anilines is 2. The van der Waals surface area contributed by atoms with Crippen LogP contribution in [-0.2, 0) is 0 Å². The summed E-state index contributed by atoms with van der Waals surface area (Å²) >= 11 is 0. The summed E-state index contributed by atoms with van der Waals surface area (Å²) in [6.07, 6.45) is 0. The fourth-order valence-electron chi connectivity index (χ4n) is 2.82. The second-order valence-corrected chi connectivity index (χ2v) is 6.36. The largest absolute Gasteiger partial charge is 1.00 e. The summed E-state index contributed by atoms with van der Waals surface area (Å²) in [5, 5.41) is 15.7. The topological polar surface area (TPSA) is 84.3 Å². The molecule has 2 aromatic rings. The van der Waals surface area contributed by atoms with Crippen LogP contribution in [0.3, 0.4) is 0 Å². The van der Waals surface area contributed by atoms with Gasteiger partial charge in [0, 0.05) is 23.5 Å². The fourth-order valence-corrected chi connectivity index (χ4v) is 2.82. The number of quaternary nitrogens is 1. The van der Waals surface area contributed by atoms with Crippen LogP contribution in [0.1, 0.15) is 27.7 Å². The summed E-state index contributed by atoms with van der Waals surface area (Å²) in [4.78, 5) is 21.6. The van der Waals surface area contributed by atoms with Crippen molar-refractivity contribution < 1.29 is 26.6 Å². The number of nitrogens with one attached hydrogen (secondary N) is 2. The minimum atomic E-state index is -0.492. The number of hydrogen-bond donors (Lipinski definition) is 2. The molecule has 2 N–H and O–H groups in total. The Kier molecular flexibility index (Phi) is 12.3. The molecule has 2 rings (SSSR count). The number of nitrogens with zero attached hydrogens (tertiary/aromatic N) is 2. The van der Waals surface area contributed by atoms with Crippen LogP contribution in [0.4, 0.5) is 21.9 Å². The molecule has 2 aromatic carbocycles. The van der Waals surface area contributed by atoms with E-state index in [1.54, 1.807) is 12.1 Å². The molecule has 0 aliphatic carbocycles. The van der Waals surface area contributed by atoms with Crippen molar-refractivity contribution in [3.8, 4) is 0 Å².